The molecule has 7 nitrogen and oxygen atoms in total. The maximum absolute atomic E-state index is 12.3. The SMILES string of the molecule is CC1(C)S[C@@H]2[C@H]([C@H](O)C(=O)NCc3ccccc3)C(=O)N2[C@H]1C(=O)[O-].[Na+]. The second-order valence-corrected chi connectivity index (χ2v) is 8.52. The smallest absolute Gasteiger partial charge is 0.548 e. The molecular formula is C17H19N2NaO5S. The summed E-state index contributed by atoms with van der Waals surface area (Å²) in [6.07, 6.45) is -1.51. The minimum atomic E-state index is -1.51. The first-order chi connectivity index (χ1) is 11.7. The first-order valence-electron chi connectivity index (χ1n) is 7.94. The molecule has 1 aromatic carbocycles. The van der Waals surface area contributed by atoms with Crippen LogP contribution in [0.1, 0.15) is 19.4 Å². The van der Waals surface area contributed by atoms with Crippen LogP contribution in [0.15, 0.2) is 30.3 Å². The van der Waals surface area contributed by atoms with Crippen molar-refractivity contribution >= 4 is 29.5 Å². The molecule has 9 heteroatoms. The summed E-state index contributed by atoms with van der Waals surface area (Å²) >= 11 is 1.27. The molecule has 0 aliphatic carbocycles. The molecule has 1 aromatic rings. The van der Waals surface area contributed by atoms with E-state index < -0.39 is 46.0 Å². The number of hydrogen-bond donors (Lipinski definition) is 2. The Morgan fingerprint density at radius 3 is 2.54 bits per heavy atom. The summed E-state index contributed by atoms with van der Waals surface area (Å²) in [4.78, 5) is 37.1. The number of carboxylic acids is 1. The quantitative estimate of drug-likeness (QED) is 0.396. The normalized spacial score (nSPS) is 27.0. The maximum Gasteiger partial charge on any atom is 1.00 e. The predicted octanol–water partition coefficient (Wildman–Crippen LogP) is -3.90. The van der Waals surface area contributed by atoms with E-state index in [4.69, 9.17) is 0 Å². The molecule has 26 heavy (non-hydrogen) atoms. The number of carbonyl (C=O) groups is 3. The van der Waals surface area contributed by atoms with E-state index in [0.29, 0.717) is 0 Å². The summed E-state index contributed by atoms with van der Waals surface area (Å²) in [6.45, 7) is 3.66. The third-order valence-electron chi connectivity index (χ3n) is 4.62. The summed E-state index contributed by atoms with van der Waals surface area (Å²) in [5.41, 5.74) is 0.873. The molecule has 2 heterocycles. The standard InChI is InChI=1S/C17H20N2O5S.Na/c1-17(2)12(16(23)24)19-14(22)10(15(19)25-17)11(20)13(21)18-8-9-6-4-3-5-7-9;/h3-7,10-12,15,20H,8H2,1-2H3,(H,18,21)(H,23,24);/q;+1/p-1/t10-,11+,12+,15-;/m1./s1. The van der Waals surface area contributed by atoms with E-state index in [1.54, 1.807) is 13.8 Å². The second-order valence-electron chi connectivity index (χ2n) is 6.75. The van der Waals surface area contributed by atoms with Crippen molar-refractivity contribution in [3.05, 3.63) is 35.9 Å². The Balaban J connectivity index is 0.00000243. The third-order valence-corrected chi connectivity index (χ3v) is 6.22. The summed E-state index contributed by atoms with van der Waals surface area (Å²) in [6, 6.07) is 8.14. The average Bonchev–Trinajstić information content (AvgIpc) is 2.81. The molecule has 2 N–H and O–H groups in total. The zero-order valence-electron chi connectivity index (χ0n) is 14.8. The van der Waals surface area contributed by atoms with Crippen molar-refractivity contribution in [2.75, 3.05) is 0 Å². The summed E-state index contributed by atoms with van der Waals surface area (Å²) in [5.74, 6) is -3.43. The number of benzene rings is 1. The first kappa shape index (κ1) is 21.2. The Hall–Kier alpha value is -1.06. The first-order valence-corrected chi connectivity index (χ1v) is 8.82. The number of aliphatic hydroxyl groups excluding tert-OH is 1. The van der Waals surface area contributed by atoms with Crippen LogP contribution in [0.2, 0.25) is 0 Å². The van der Waals surface area contributed by atoms with Crippen LogP contribution in [-0.4, -0.2) is 50.1 Å². The molecule has 0 unspecified atom stereocenters. The number of hydrogen-bond acceptors (Lipinski definition) is 6. The van der Waals surface area contributed by atoms with Gasteiger partial charge in [-0.25, -0.2) is 0 Å². The minimum absolute atomic E-state index is 0. The van der Waals surface area contributed by atoms with Gasteiger partial charge in [-0.3, -0.25) is 9.59 Å². The number of fused-ring (bicyclic) bond motifs is 1. The second kappa shape index (κ2) is 7.90. The van der Waals surface area contributed by atoms with E-state index >= 15 is 0 Å². The van der Waals surface area contributed by atoms with E-state index in [2.05, 4.69) is 5.32 Å². The van der Waals surface area contributed by atoms with Crippen LogP contribution in [-0.2, 0) is 20.9 Å². The molecule has 0 aromatic heterocycles. The number of aliphatic hydroxyl groups is 1. The number of β-lactam (4-membered cyclic amide) rings is 1. The number of rotatable bonds is 5. The van der Waals surface area contributed by atoms with E-state index in [-0.39, 0.29) is 36.1 Å². The van der Waals surface area contributed by atoms with Crippen molar-refractivity contribution < 1.29 is 54.2 Å². The molecule has 2 fully saturated rings. The number of nitrogens with zero attached hydrogens (tertiary/aromatic N) is 1. The van der Waals surface area contributed by atoms with Crippen molar-refractivity contribution in [3.8, 4) is 0 Å². The molecule has 2 amide bonds. The summed E-state index contributed by atoms with van der Waals surface area (Å²) in [5, 5.41) is 23.7. The zero-order valence-corrected chi connectivity index (χ0v) is 17.7. The van der Waals surface area contributed by atoms with Gasteiger partial charge in [-0.15, -0.1) is 11.8 Å². The zero-order chi connectivity index (χ0) is 18.4. The number of carboxylic acid groups (broad SMARTS) is 1. The van der Waals surface area contributed by atoms with Gasteiger partial charge in [-0.2, -0.15) is 0 Å². The minimum Gasteiger partial charge on any atom is -0.548 e. The molecule has 4 atom stereocenters. The Morgan fingerprint density at radius 1 is 1.35 bits per heavy atom. The maximum atomic E-state index is 12.3. The van der Waals surface area contributed by atoms with Gasteiger partial charge in [0.15, 0.2) is 0 Å². The van der Waals surface area contributed by atoms with Crippen LogP contribution in [0.5, 0.6) is 0 Å². The fraction of sp³-hybridized carbons (Fsp3) is 0.471. The molecule has 0 saturated carbocycles. The average molecular weight is 386 g/mol. The van der Waals surface area contributed by atoms with Crippen LogP contribution in [0.3, 0.4) is 0 Å². The van der Waals surface area contributed by atoms with Gasteiger partial charge in [-0.1, -0.05) is 30.3 Å². The van der Waals surface area contributed by atoms with Gasteiger partial charge in [0, 0.05) is 11.3 Å². The molecule has 134 valence electrons. The van der Waals surface area contributed by atoms with Gasteiger partial charge in [0.1, 0.15) is 12.0 Å². The largest absolute Gasteiger partial charge is 1.00 e. The molecular weight excluding hydrogens is 367 g/mol. The monoisotopic (exact) mass is 386 g/mol. The number of carbonyl (C=O) groups excluding carboxylic acids is 3. The Kier molecular flexibility index (Phi) is 6.45. The predicted molar refractivity (Wildman–Crippen MR) is 88.9 cm³/mol. The number of thioether (sulfide) groups is 1. The van der Waals surface area contributed by atoms with Crippen LogP contribution in [0.4, 0.5) is 0 Å². The van der Waals surface area contributed by atoms with Gasteiger partial charge in [0.2, 0.25) is 11.8 Å². The molecule has 3 rings (SSSR count). The van der Waals surface area contributed by atoms with Crippen LogP contribution < -0.4 is 40.0 Å². The van der Waals surface area contributed by atoms with Gasteiger partial charge in [0.25, 0.3) is 0 Å². The van der Waals surface area contributed by atoms with Gasteiger partial charge in [-0.05, 0) is 19.4 Å². The van der Waals surface area contributed by atoms with Crippen molar-refractivity contribution in [1.82, 2.24) is 10.2 Å². The topological polar surface area (TPSA) is 110 Å². The van der Waals surface area contributed by atoms with Gasteiger partial charge < -0.3 is 25.2 Å². The van der Waals surface area contributed by atoms with E-state index in [1.165, 1.54) is 16.7 Å². The van der Waals surface area contributed by atoms with Crippen molar-refractivity contribution in [2.24, 2.45) is 5.92 Å². The Morgan fingerprint density at radius 2 is 1.96 bits per heavy atom. The number of amides is 2. The van der Waals surface area contributed by atoms with E-state index in [9.17, 15) is 24.6 Å². The molecule has 0 radical (unpaired) electrons. The molecule has 2 aliphatic heterocycles. The van der Waals surface area contributed by atoms with Crippen LogP contribution in [0, 0.1) is 5.92 Å². The number of nitrogens with one attached hydrogen (secondary N) is 1. The van der Waals surface area contributed by atoms with Crippen molar-refractivity contribution in [2.45, 2.75) is 42.7 Å². The number of aliphatic carboxylic acids is 1. The van der Waals surface area contributed by atoms with Crippen molar-refractivity contribution in [3.63, 3.8) is 0 Å². The fourth-order valence-electron chi connectivity index (χ4n) is 3.37. The molecule has 2 saturated heterocycles. The molecule has 2 aliphatic rings. The Labute approximate surface area is 177 Å². The van der Waals surface area contributed by atoms with Gasteiger partial charge in [0.05, 0.1) is 17.4 Å². The van der Waals surface area contributed by atoms with Crippen LogP contribution >= 0.6 is 11.8 Å². The molecule has 0 spiro atoms. The van der Waals surface area contributed by atoms with Crippen LogP contribution in [0.25, 0.3) is 0 Å². The van der Waals surface area contributed by atoms with Gasteiger partial charge >= 0.3 is 29.6 Å². The molecule has 0 bridgehead atoms. The summed E-state index contributed by atoms with van der Waals surface area (Å²) in [7, 11) is 0. The van der Waals surface area contributed by atoms with E-state index in [0.717, 1.165) is 5.56 Å². The fourth-order valence-corrected chi connectivity index (χ4v) is 5.08. The summed E-state index contributed by atoms with van der Waals surface area (Å²) < 4.78 is -0.742. The van der Waals surface area contributed by atoms with E-state index in [1.807, 2.05) is 30.3 Å². The van der Waals surface area contributed by atoms with Crippen molar-refractivity contribution in [1.29, 1.82) is 0 Å². The Bertz CT molecular complexity index is 714. The third kappa shape index (κ3) is 3.66.